The van der Waals surface area contributed by atoms with Crippen LogP contribution in [0.5, 0.6) is 11.5 Å². The number of aromatic amines is 2. The molecule has 0 saturated carbocycles. The van der Waals surface area contributed by atoms with E-state index in [1.165, 1.54) is 67.0 Å². The molecule has 0 amide bonds. The lowest BCUT2D eigenvalue weighted by Gasteiger charge is -2.08. The van der Waals surface area contributed by atoms with Crippen molar-refractivity contribution < 1.29 is 54.9 Å². The minimum absolute atomic E-state index is 0.0830. The van der Waals surface area contributed by atoms with Gasteiger partial charge in [-0.1, -0.05) is 0 Å². The average molecular weight is 681 g/mol. The van der Waals surface area contributed by atoms with Crippen LogP contribution in [0.1, 0.15) is 20.7 Å². The Bertz CT molecular complexity index is 1890. The number of hydrogen-bond donors (Lipinski definition) is 4. The van der Waals surface area contributed by atoms with Crippen LogP contribution >= 0.6 is 0 Å². The summed E-state index contributed by atoms with van der Waals surface area (Å²) in [5, 5.41) is 8.35. The first-order valence-corrected chi connectivity index (χ1v) is 13.0. The topological polar surface area (TPSA) is 191 Å². The zero-order valence-corrected chi connectivity index (χ0v) is 24.0. The first-order chi connectivity index (χ1) is 22.5. The first kappa shape index (κ1) is 36.3. The van der Waals surface area contributed by atoms with E-state index in [4.69, 9.17) is 15.3 Å². The molecule has 2 aromatic carbocycles. The third-order valence-corrected chi connectivity index (χ3v) is 5.54. The monoisotopic (exact) mass is 680 g/mol. The molecule has 0 bridgehead atoms. The number of aromatic nitrogens is 3. The number of ketones is 1. The van der Waals surface area contributed by atoms with Gasteiger partial charge in [-0.3, -0.25) is 14.4 Å². The van der Waals surface area contributed by atoms with E-state index in [9.17, 15) is 45.5 Å². The molecule has 3 aromatic heterocycles. The van der Waals surface area contributed by atoms with Gasteiger partial charge in [0, 0.05) is 35.7 Å². The van der Waals surface area contributed by atoms with E-state index in [1.54, 1.807) is 6.07 Å². The van der Waals surface area contributed by atoms with Crippen LogP contribution in [-0.2, 0) is 0 Å². The highest BCUT2D eigenvalue weighted by Gasteiger charge is 2.31. The van der Waals surface area contributed by atoms with Gasteiger partial charge in [0.1, 0.15) is 11.5 Å². The number of carbonyl (C=O) groups excluding carboxylic acids is 1. The molecule has 5 aromatic rings. The summed E-state index contributed by atoms with van der Waals surface area (Å²) in [7, 11) is 0. The number of pyridine rings is 2. The lowest BCUT2D eigenvalue weighted by Crippen LogP contribution is -2.17. The minimum Gasteiger partial charge on any atom is -0.478 e. The fourth-order valence-corrected chi connectivity index (χ4v) is 3.41. The number of alkyl halides is 6. The third-order valence-electron chi connectivity index (χ3n) is 5.54. The number of aromatic carboxylic acids is 1. The van der Waals surface area contributed by atoms with Gasteiger partial charge in [0.2, 0.25) is 17.0 Å². The first-order valence-electron chi connectivity index (χ1n) is 13.0. The van der Waals surface area contributed by atoms with Gasteiger partial charge in [0.05, 0.1) is 23.9 Å². The number of hydrogen-bond acceptors (Lipinski definition) is 9. The maximum atomic E-state index is 12.1. The van der Waals surface area contributed by atoms with Crippen molar-refractivity contribution in [3.8, 4) is 34.3 Å². The zero-order chi connectivity index (χ0) is 35.5. The molecule has 0 unspecified atom stereocenters. The van der Waals surface area contributed by atoms with Gasteiger partial charge in [-0.05, 0) is 60.7 Å². The van der Waals surface area contributed by atoms with Crippen molar-refractivity contribution in [2.75, 3.05) is 6.54 Å². The minimum atomic E-state index is -4.73. The van der Waals surface area contributed by atoms with Crippen LogP contribution in [0.25, 0.3) is 22.8 Å². The van der Waals surface area contributed by atoms with E-state index in [1.807, 2.05) is 0 Å². The number of Topliss-reactive ketones (excluding diaryl/α,β-unsaturated/α-hetero) is 1. The number of H-pyrrole nitrogens is 2. The van der Waals surface area contributed by atoms with Crippen LogP contribution in [-0.4, -0.2) is 51.1 Å². The van der Waals surface area contributed by atoms with Crippen LogP contribution in [0.3, 0.4) is 0 Å². The largest absolute Gasteiger partial charge is 0.573 e. The number of carboxylic acids is 1. The number of halogens is 6. The highest BCUT2D eigenvalue weighted by molar-refractivity contribution is 5.97. The molecule has 252 valence electrons. The third kappa shape index (κ3) is 12.0. The van der Waals surface area contributed by atoms with Gasteiger partial charge >= 0.3 is 18.7 Å². The summed E-state index contributed by atoms with van der Waals surface area (Å²) in [6, 6.07) is 15.1. The molecule has 0 spiro atoms. The Balaban J connectivity index is 0.000000215. The van der Waals surface area contributed by atoms with Gasteiger partial charge in [-0.2, -0.15) is 0 Å². The molecular weight excluding hydrogens is 658 g/mol. The van der Waals surface area contributed by atoms with E-state index in [0.29, 0.717) is 16.9 Å². The highest BCUT2D eigenvalue weighted by atomic mass is 19.4. The van der Waals surface area contributed by atoms with Crippen LogP contribution in [0.2, 0.25) is 0 Å². The quantitative estimate of drug-likeness (QED) is 0.128. The predicted octanol–water partition coefficient (Wildman–Crippen LogP) is 5.40. The number of oxazole rings is 1. The smallest absolute Gasteiger partial charge is 0.478 e. The second-order valence-electron chi connectivity index (χ2n) is 8.99. The molecule has 0 radical (unpaired) electrons. The Hall–Kier alpha value is -6.17. The van der Waals surface area contributed by atoms with Crippen LogP contribution < -0.4 is 26.3 Å². The summed E-state index contributed by atoms with van der Waals surface area (Å²) >= 11 is 0. The molecule has 5 rings (SSSR count). The lowest BCUT2D eigenvalue weighted by molar-refractivity contribution is -0.275. The summed E-state index contributed by atoms with van der Waals surface area (Å²) in [4.78, 5) is 51.4. The normalized spacial score (nSPS) is 10.9. The Labute approximate surface area is 264 Å². The maximum Gasteiger partial charge on any atom is 0.573 e. The standard InChI is InChI=1S/C15H9F3N2O3.C9H8F3NO2.C6H5NO3/c16-15(17,18)23-11-4-1-9(2-5-11)12-8-20-14(22-12)10-3-6-13(21)19-7-10;10-9(11,12)15-7-3-1-6(2-4-7)8(14)5-13;8-5-2-1-4(3-7-5)6(9)10/h1-8H,(H,19,21);1-4H,5,13H2;1-3H,(H,7,8)(H,9,10). The van der Waals surface area contributed by atoms with E-state index >= 15 is 0 Å². The second-order valence-corrected chi connectivity index (χ2v) is 8.99. The maximum absolute atomic E-state index is 12.1. The summed E-state index contributed by atoms with van der Waals surface area (Å²) in [5.41, 5.74) is 5.99. The number of rotatable bonds is 7. The van der Waals surface area contributed by atoms with Crippen molar-refractivity contribution in [3.05, 3.63) is 123 Å². The lowest BCUT2D eigenvalue weighted by atomic mass is 10.1. The molecule has 0 aliphatic heterocycles. The van der Waals surface area contributed by atoms with Gasteiger partial charge in [0.25, 0.3) is 0 Å². The molecule has 0 fully saturated rings. The van der Waals surface area contributed by atoms with Gasteiger partial charge in [0.15, 0.2) is 11.5 Å². The van der Waals surface area contributed by atoms with Crippen molar-refractivity contribution in [3.63, 3.8) is 0 Å². The summed E-state index contributed by atoms with van der Waals surface area (Å²) in [6.07, 6.45) is -5.40. The Morgan fingerprint density at radius 3 is 1.65 bits per heavy atom. The molecule has 0 aliphatic rings. The van der Waals surface area contributed by atoms with E-state index in [2.05, 4.69) is 24.4 Å². The number of carboxylic acid groups (broad SMARTS) is 1. The highest BCUT2D eigenvalue weighted by Crippen LogP contribution is 2.29. The van der Waals surface area contributed by atoms with Gasteiger partial charge in [-0.25, -0.2) is 9.78 Å². The SMILES string of the molecule is NCC(=O)c1ccc(OC(F)(F)F)cc1.O=C(O)c1ccc(=O)[nH]c1.O=c1ccc(-c2ncc(-c3ccc(OC(F)(F)F)cc3)o2)c[nH]1. The fraction of sp³-hybridized carbons (Fsp3) is 0.100. The number of benzene rings is 2. The van der Waals surface area contributed by atoms with Crippen molar-refractivity contribution >= 4 is 11.8 Å². The predicted molar refractivity (Wildman–Crippen MR) is 155 cm³/mol. The van der Waals surface area contributed by atoms with Crippen LogP contribution in [0, 0.1) is 0 Å². The van der Waals surface area contributed by atoms with Gasteiger partial charge in [-0.15, -0.1) is 26.3 Å². The summed E-state index contributed by atoms with van der Waals surface area (Å²) < 4.78 is 84.6. The Morgan fingerprint density at radius 1 is 0.729 bits per heavy atom. The molecule has 0 atom stereocenters. The van der Waals surface area contributed by atoms with Crippen LogP contribution in [0.15, 0.2) is 105 Å². The molecule has 18 heteroatoms. The molecule has 0 saturated heterocycles. The number of ether oxygens (including phenoxy) is 2. The fourth-order valence-electron chi connectivity index (χ4n) is 3.41. The molecule has 12 nitrogen and oxygen atoms in total. The molecule has 5 N–H and O–H groups in total. The van der Waals surface area contributed by atoms with E-state index in [-0.39, 0.29) is 52.0 Å². The summed E-state index contributed by atoms with van der Waals surface area (Å²) in [5.74, 6) is -1.40. The number of nitrogens with one attached hydrogen (secondary N) is 2. The van der Waals surface area contributed by atoms with E-state index < -0.39 is 18.7 Å². The summed E-state index contributed by atoms with van der Waals surface area (Å²) in [6.45, 7) is -0.181. The average Bonchev–Trinajstić information content (AvgIpc) is 3.52. The van der Waals surface area contributed by atoms with Crippen molar-refractivity contribution in [2.24, 2.45) is 5.73 Å². The van der Waals surface area contributed by atoms with Crippen molar-refractivity contribution in [1.82, 2.24) is 15.0 Å². The van der Waals surface area contributed by atoms with Crippen molar-refractivity contribution in [2.45, 2.75) is 12.7 Å². The number of nitrogens with zero attached hydrogens (tertiary/aromatic N) is 1. The van der Waals surface area contributed by atoms with E-state index in [0.717, 1.165) is 18.3 Å². The zero-order valence-electron chi connectivity index (χ0n) is 24.0. The number of carbonyl (C=O) groups is 2. The molecular formula is C30H22F6N4O8. The second kappa shape index (κ2) is 15.9. The molecule has 3 heterocycles. The number of nitrogens with two attached hydrogens (primary N) is 1. The van der Waals surface area contributed by atoms with Crippen LogP contribution in [0.4, 0.5) is 26.3 Å². The van der Waals surface area contributed by atoms with Gasteiger partial charge < -0.3 is 34.7 Å². The van der Waals surface area contributed by atoms with Crippen molar-refractivity contribution in [1.29, 1.82) is 0 Å². The Kier molecular flexibility index (Phi) is 12.0. The Morgan fingerprint density at radius 2 is 1.21 bits per heavy atom. The molecule has 0 aliphatic carbocycles. The molecule has 48 heavy (non-hydrogen) atoms.